The molecule has 1 aromatic heterocycles. The molecule has 1 aliphatic heterocycles. The predicted molar refractivity (Wildman–Crippen MR) is 69.6 cm³/mol. The van der Waals surface area contributed by atoms with Gasteiger partial charge in [0.1, 0.15) is 4.88 Å². The Balaban J connectivity index is 2.18. The van der Waals surface area contributed by atoms with E-state index >= 15 is 0 Å². The molecule has 0 aromatic carbocycles. The van der Waals surface area contributed by atoms with E-state index in [4.69, 9.17) is 0 Å². The summed E-state index contributed by atoms with van der Waals surface area (Å²) in [5, 5.41) is 13.4. The van der Waals surface area contributed by atoms with Crippen LogP contribution in [0, 0.1) is 5.92 Å². The maximum Gasteiger partial charge on any atom is 0.267 e. The third kappa shape index (κ3) is 2.40. The first-order valence-electron chi connectivity index (χ1n) is 6.42. The second-order valence-corrected chi connectivity index (χ2v) is 5.57. The normalized spacial score (nSPS) is 23.6. The molecule has 1 saturated heterocycles. The molecule has 2 atom stereocenters. The maximum absolute atomic E-state index is 12.5. The lowest BCUT2D eigenvalue weighted by molar-refractivity contribution is 0.0651. The standard InChI is InChI=1S/C12H19N3O2S/c1-3-4-9-11(18-14-13-9)12(17)15-6-5-8(2)10(15)7-16/h8,10,16H,3-7H2,1-2H3. The van der Waals surface area contributed by atoms with Crippen molar-refractivity contribution in [1.29, 1.82) is 0 Å². The SMILES string of the molecule is CCCc1nnsc1C(=O)N1CCC(C)C1CO. The molecule has 1 aromatic rings. The van der Waals surface area contributed by atoms with E-state index in [-0.39, 0.29) is 18.6 Å². The van der Waals surface area contributed by atoms with Crippen molar-refractivity contribution < 1.29 is 9.90 Å². The Kier molecular flexibility index (Phi) is 4.29. The van der Waals surface area contributed by atoms with E-state index in [1.807, 2.05) is 0 Å². The van der Waals surface area contributed by atoms with Crippen molar-refractivity contribution in [2.75, 3.05) is 13.2 Å². The van der Waals surface area contributed by atoms with E-state index in [2.05, 4.69) is 23.4 Å². The molecule has 0 radical (unpaired) electrons. The fourth-order valence-electron chi connectivity index (χ4n) is 2.44. The van der Waals surface area contributed by atoms with Gasteiger partial charge in [-0.3, -0.25) is 4.79 Å². The minimum absolute atomic E-state index is 0.0168. The summed E-state index contributed by atoms with van der Waals surface area (Å²) in [5.41, 5.74) is 0.795. The number of amides is 1. The maximum atomic E-state index is 12.5. The number of rotatable bonds is 4. The first-order valence-corrected chi connectivity index (χ1v) is 7.19. The van der Waals surface area contributed by atoms with E-state index in [9.17, 15) is 9.90 Å². The van der Waals surface area contributed by atoms with Crippen molar-refractivity contribution in [2.24, 2.45) is 5.92 Å². The fraction of sp³-hybridized carbons (Fsp3) is 0.750. The summed E-state index contributed by atoms with van der Waals surface area (Å²) in [5.74, 6) is 0.339. The Morgan fingerprint density at radius 2 is 2.39 bits per heavy atom. The summed E-state index contributed by atoms with van der Waals surface area (Å²) in [6.07, 6.45) is 2.68. The lowest BCUT2D eigenvalue weighted by atomic mass is 10.0. The molecular formula is C12H19N3O2S. The van der Waals surface area contributed by atoms with Crippen molar-refractivity contribution in [3.8, 4) is 0 Å². The monoisotopic (exact) mass is 269 g/mol. The van der Waals surface area contributed by atoms with Gasteiger partial charge in [-0.05, 0) is 30.3 Å². The first-order chi connectivity index (χ1) is 8.69. The van der Waals surface area contributed by atoms with Crippen LogP contribution >= 0.6 is 11.5 Å². The molecule has 0 bridgehead atoms. The highest BCUT2D eigenvalue weighted by molar-refractivity contribution is 7.08. The topological polar surface area (TPSA) is 66.3 Å². The minimum atomic E-state index is -0.0610. The Hall–Kier alpha value is -1.01. The number of nitrogens with zero attached hydrogens (tertiary/aromatic N) is 3. The average molecular weight is 269 g/mol. The average Bonchev–Trinajstić information content (AvgIpc) is 2.95. The van der Waals surface area contributed by atoms with Gasteiger partial charge in [-0.15, -0.1) is 5.10 Å². The van der Waals surface area contributed by atoms with E-state index in [1.165, 1.54) is 0 Å². The van der Waals surface area contributed by atoms with E-state index < -0.39 is 0 Å². The number of aliphatic hydroxyl groups excluding tert-OH is 1. The highest BCUT2D eigenvalue weighted by Crippen LogP contribution is 2.27. The van der Waals surface area contributed by atoms with Crippen LogP contribution in [-0.2, 0) is 6.42 Å². The van der Waals surface area contributed by atoms with Crippen molar-refractivity contribution in [1.82, 2.24) is 14.5 Å². The number of likely N-dealkylation sites (tertiary alicyclic amines) is 1. The first kappa shape index (κ1) is 13.4. The van der Waals surface area contributed by atoms with Crippen molar-refractivity contribution in [3.63, 3.8) is 0 Å². The highest BCUT2D eigenvalue weighted by Gasteiger charge is 2.35. The van der Waals surface area contributed by atoms with Crippen LogP contribution in [-0.4, -0.2) is 44.7 Å². The summed E-state index contributed by atoms with van der Waals surface area (Å²) < 4.78 is 3.88. The highest BCUT2D eigenvalue weighted by atomic mass is 32.1. The fourth-order valence-corrected chi connectivity index (χ4v) is 3.11. The van der Waals surface area contributed by atoms with Gasteiger partial charge < -0.3 is 10.0 Å². The molecule has 0 aliphatic carbocycles. The van der Waals surface area contributed by atoms with Gasteiger partial charge in [0.25, 0.3) is 5.91 Å². The zero-order valence-electron chi connectivity index (χ0n) is 10.8. The van der Waals surface area contributed by atoms with Crippen molar-refractivity contribution in [3.05, 3.63) is 10.6 Å². The molecule has 18 heavy (non-hydrogen) atoms. The second-order valence-electron chi connectivity index (χ2n) is 4.81. The summed E-state index contributed by atoms with van der Waals surface area (Å²) in [6.45, 7) is 4.88. The smallest absolute Gasteiger partial charge is 0.267 e. The van der Waals surface area contributed by atoms with E-state index in [0.717, 1.165) is 36.5 Å². The van der Waals surface area contributed by atoms with Crippen LogP contribution in [0.2, 0.25) is 0 Å². The van der Waals surface area contributed by atoms with Gasteiger partial charge in [-0.2, -0.15) is 0 Å². The number of hydrogen-bond acceptors (Lipinski definition) is 5. The molecular weight excluding hydrogens is 250 g/mol. The van der Waals surface area contributed by atoms with Crippen molar-refractivity contribution in [2.45, 2.75) is 39.2 Å². The Morgan fingerprint density at radius 1 is 1.61 bits per heavy atom. The summed E-state index contributed by atoms with van der Waals surface area (Å²) in [7, 11) is 0. The third-order valence-corrected chi connectivity index (χ3v) is 4.32. The largest absolute Gasteiger partial charge is 0.394 e. The van der Waals surface area contributed by atoms with Gasteiger partial charge in [0, 0.05) is 6.54 Å². The molecule has 5 nitrogen and oxygen atoms in total. The second kappa shape index (κ2) is 5.75. The summed E-state index contributed by atoms with van der Waals surface area (Å²) >= 11 is 1.16. The summed E-state index contributed by atoms with van der Waals surface area (Å²) in [4.78, 5) is 14.9. The van der Waals surface area contributed by atoms with Gasteiger partial charge in [0.2, 0.25) is 0 Å². The van der Waals surface area contributed by atoms with Gasteiger partial charge in [-0.25, -0.2) is 0 Å². The number of aryl methyl sites for hydroxylation is 1. The van der Waals surface area contributed by atoms with Crippen LogP contribution in [0.4, 0.5) is 0 Å². The molecule has 1 N–H and O–H groups in total. The number of carbonyl (C=O) groups is 1. The molecule has 1 fully saturated rings. The molecule has 2 heterocycles. The quantitative estimate of drug-likeness (QED) is 0.895. The Morgan fingerprint density at radius 3 is 3.06 bits per heavy atom. The van der Waals surface area contributed by atoms with Crippen molar-refractivity contribution >= 4 is 17.4 Å². The molecule has 2 unspecified atom stereocenters. The van der Waals surface area contributed by atoms with Gasteiger partial charge >= 0.3 is 0 Å². The predicted octanol–water partition coefficient (Wildman–Crippen LogP) is 1.33. The van der Waals surface area contributed by atoms with Crippen LogP contribution in [0.25, 0.3) is 0 Å². The van der Waals surface area contributed by atoms with E-state index in [0.29, 0.717) is 17.3 Å². The van der Waals surface area contributed by atoms with Crippen LogP contribution in [0.1, 0.15) is 42.1 Å². The lowest BCUT2D eigenvalue weighted by Gasteiger charge is -2.24. The minimum Gasteiger partial charge on any atom is -0.394 e. The Labute approximate surface area is 111 Å². The van der Waals surface area contributed by atoms with Crippen LogP contribution in [0.5, 0.6) is 0 Å². The zero-order chi connectivity index (χ0) is 13.1. The van der Waals surface area contributed by atoms with Gasteiger partial charge in [0.05, 0.1) is 18.3 Å². The lowest BCUT2D eigenvalue weighted by Crippen LogP contribution is -2.39. The van der Waals surface area contributed by atoms with Crippen LogP contribution < -0.4 is 0 Å². The van der Waals surface area contributed by atoms with Gasteiger partial charge in [-0.1, -0.05) is 24.8 Å². The molecule has 0 spiro atoms. The molecule has 100 valence electrons. The molecule has 0 saturated carbocycles. The number of carbonyl (C=O) groups excluding carboxylic acids is 1. The van der Waals surface area contributed by atoms with Crippen LogP contribution in [0.3, 0.4) is 0 Å². The molecule has 1 amide bonds. The zero-order valence-corrected chi connectivity index (χ0v) is 11.6. The number of aliphatic hydroxyl groups is 1. The summed E-state index contributed by atoms with van der Waals surface area (Å²) in [6, 6.07) is -0.0610. The molecule has 2 rings (SSSR count). The molecule has 6 heteroatoms. The number of hydrogen-bond donors (Lipinski definition) is 1. The van der Waals surface area contributed by atoms with E-state index in [1.54, 1.807) is 4.90 Å². The van der Waals surface area contributed by atoms with Crippen LogP contribution in [0.15, 0.2) is 0 Å². The van der Waals surface area contributed by atoms with Gasteiger partial charge in [0.15, 0.2) is 0 Å². The Bertz CT molecular complexity index is 421. The third-order valence-electron chi connectivity index (χ3n) is 3.57. The molecule has 1 aliphatic rings. The number of aromatic nitrogens is 2.